The molecule has 168 valence electrons. The molecule has 3 heterocycles. The largest absolute Gasteiger partial charge is 0.496 e. The standard InChI is InChI=1S/C24H28N4O4/c1-31-19-9-5-2-6-15(19)23-22-17(14-26-24(22)30)27-16-7-3-4-8-18(16)28(23)21(29)11-10-20-25-12-13-32-20/h2,5-6,9,12-13,16,18,23,27H,3-4,7-8,10-11,14H2,1H3,(H,26,30)/t16-,18-,23-/m1/s1. The van der Waals surface area contributed by atoms with Crippen molar-refractivity contribution in [3.8, 4) is 5.75 Å². The summed E-state index contributed by atoms with van der Waals surface area (Å²) in [4.78, 5) is 33.0. The van der Waals surface area contributed by atoms with Crippen LogP contribution in [0.5, 0.6) is 5.75 Å². The lowest BCUT2D eigenvalue weighted by molar-refractivity contribution is -0.137. The maximum atomic E-state index is 13.8. The molecule has 2 aromatic rings. The number of methoxy groups -OCH3 is 1. The summed E-state index contributed by atoms with van der Waals surface area (Å²) in [5.74, 6) is 1.07. The van der Waals surface area contributed by atoms with Crippen LogP contribution >= 0.6 is 0 Å². The molecule has 0 radical (unpaired) electrons. The maximum Gasteiger partial charge on any atom is 0.251 e. The molecular weight excluding hydrogens is 408 g/mol. The van der Waals surface area contributed by atoms with Crippen LogP contribution in [0.1, 0.15) is 49.6 Å². The van der Waals surface area contributed by atoms with Gasteiger partial charge in [-0.1, -0.05) is 31.0 Å². The van der Waals surface area contributed by atoms with Gasteiger partial charge >= 0.3 is 0 Å². The van der Waals surface area contributed by atoms with Crippen molar-refractivity contribution >= 4 is 11.8 Å². The van der Waals surface area contributed by atoms with Crippen LogP contribution in [-0.2, 0) is 16.0 Å². The molecule has 3 aliphatic rings. The van der Waals surface area contributed by atoms with Crippen LogP contribution in [-0.4, -0.2) is 47.4 Å². The van der Waals surface area contributed by atoms with Gasteiger partial charge in [0.25, 0.3) is 5.91 Å². The topological polar surface area (TPSA) is 96.7 Å². The lowest BCUT2D eigenvalue weighted by Gasteiger charge is -2.43. The molecule has 0 spiro atoms. The van der Waals surface area contributed by atoms with Crippen LogP contribution in [0.25, 0.3) is 0 Å². The first kappa shape index (κ1) is 20.6. The molecule has 2 amide bonds. The molecule has 2 aliphatic heterocycles. The number of carbonyl (C=O) groups excluding carboxylic acids is 2. The van der Waals surface area contributed by atoms with E-state index in [0.29, 0.717) is 30.2 Å². The minimum atomic E-state index is -0.513. The average Bonchev–Trinajstić information content (AvgIpc) is 3.43. The van der Waals surface area contributed by atoms with Crippen molar-refractivity contribution in [2.24, 2.45) is 0 Å². The van der Waals surface area contributed by atoms with Gasteiger partial charge in [-0.05, 0) is 18.9 Å². The number of para-hydroxylation sites is 1. The maximum absolute atomic E-state index is 13.8. The van der Waals surface area contributed by atoms with E-state index in [0.717, 1.165) is 36.9 Å². The van der Waals surface area contributed by atoms with Crippen molar-refractivity contribution in [2.75, 3.05) is 13.7 Å². The van der Waals surface area contributed by atoms with Crippen LogP contribution in [0.2, 0.25) is 0 Å². The van der Waals surface area contributed by atoms with Crippen molar-refractivity contribution in [2.45, 2.75) is 56.7 Å². The number of aryl methyl sites for hydroxylation is 1. The van der Waals surface area contributed by atoms with Crippen molar-refractivity contribution < 1.29 is 18.7 Å². The van der Waals surface area contributed by atoms with Gasteiger partial charge in [0.05, 0.1) is 37.5 Å². The summed E-state index contributed by atoms with van der Waals surface area (Å²) in [7, 11) is 1.62. The fourth-order valence-corrected chi connectivity index (χ4v) is 5.33. The Bertz CT molecular complexity index is 1030. The van der Waals surface area contributed by atoms with E-state index >= 15 is 0 Å². The molecule has 2 N–H and O–H groups in total. The number of hydrogen-bond acceptors (Lipinski definition) is 6. The summed E-state index contributed by atoms with van der Waals surface area (Å²) < 4.78 is 11.0. The van der Waals surface area contributed by atoms with E-state index in [1.165, 1.54) is 6.26 Å². The van der Waals surface area contributed by atoms with E-state index < -0.39 is 6.04 Å². The Hall–Kier alpha value is -3.29. The second-order valence-corrected chi connectivity index (χ2v) is 8.55. The monoisotopic (exact) mass is 436 g/mol. The lowest BCUT2D eigenvalue weighted by Crippen LogP contribution is -2.53. The summed E-state index contributed by atoms with van der Waals surface area (Å²) in [6.45, 7) is 0.460. The minimum absolute atomic E-state index is 0.00544. The van der Waals surface area contributed by atoms with Crippen LogP contribution < -0.4 is 15.4 Å². The number of rotatable bonds is 5. The molecule has 1 aliphatic carbocycles. The second-order valence-electron chi connectivity index (χ2n) is 8.55. The number of hydrogen-bond donors (Lipinski definition) is 2. The molecule has 5 rings (SSSR count). The van der Waals surface area contributed by atoms with Gasteiger partial charge < -0.3 is 24.7 Å². The van der Waals surface area contributed by atoms with Crippen molar-refractivity contribution in [1.29, 1.82) is 0 Å². The predicted molar refractivity (Wildman–Crippen MR) is 117 cm³/mol. The van der Waals surface area contributed by atoms with Crippen molar-refractivity contribution in [3.63, 3.8) is 0 Å². The predicted octanol–water partition coefficient (Wildman–Crippen LogP) is 2.48. The molecule has 0 bridgehead atoms. The highest BCUT2D eigenvalue weighted by atomic mass is 16.5. The van der Waals surface area contributed by atoms with Gasteiger partial charge in [0.1, 0.15) is 12.0 Å². The van der Waals surface area contributed by atoms with Gasteiger partial charge in [0, 0.05) is 30.1 Å². The number of amides is 2. The number of benzene rings is 1. The van der Waals surface area contributed by atoms with Crippen LogP contribution in [0.4, 0.5) is 0 Å². The van der Waals surface area contributed by atoms with Crippen LogP contribution in [0, 0.1) is 0 Å². The van der Waals surface area contributed by atoms with E-state index in [4.69, 9.17) is 9.15 Å². The molecule has 32 heavy (non-hydrogen) atoms. The zero-order valence-electron chi connectivity index (χ0n) is 18.2. The van der Waals surface area contributed by atoms with E-state index in [2.05, 4.69) is 15.6 Å². The Morgan fingerprint density at radius 1 is 1.28 bits per heavy atom. The summed E-state index contributed by atoms with van der Waals surface area (Å²) in [6.07, 6.45) is 7.82. The second kappa shape index (κ2) is 8.68. The number of oxazole rings is 1. The number of carbonyl (C=O) groups is 2. The summed E-state index contributed by atoms with van der Waals surface area (Å²) >= 11 is 0. The van der Waals surface area contributed by atoms with Crippen LogP contribution in [0.3, 0.4) is 0 Å². The molecule has 0 unspecified atom stereocenters. The Balaban J connectivity index is 1.60. The normalized spacial score (nSPS) is 24.8. The minimum Gasteiger partial charge on any atom is -0.496 e. The summed E-state index contributed by atoms with van der Waals surface area (Å²) in [5, 5.41) is 6.59. The van der Waals surface area contributed by atoms with Gasteiger partial charge in [0.2, 0.25) is 5.91 Å². The van der Waals surface area contributed by atoms with Gasteiger partial charge in [-0.2, -0.15) is 0 Å². The number of nitrogens with zero attached hydrogens (tertiary/aromatic N) is 2. The quantitative estimate of drug-likeness (QED) is 0.748. The number of fused-ring (bicyclic) bond motifs is 1. The van der Waals surface area contributed by atoms with E-state index in [1.807, 2.05) is 29.2 Å². The molecule has 1 saturated carbocycles. The van der Waals surface area contributed by atoms with Gasteiger partial charge in [-0.25, -0.2) is 4.98 Å². The summed E-state index contributed by atoms with van der Waals surface area (Å²) in [5.41, 5.74) is 2.34. The zero-order chi connectivity index (χ0) is 22.1. The van der Waals surface area contributed by atoms with E-state index in [1.54, 1.807) is 13.3 Å². The fourth-order valence-electron chi connectivity index (χ4n) is 5.33. The lowest BCUT2D eigenvalue weighted by atomic mass is 9.87. The van der Waals surface area contributed by atoms with E-state index in [-0.39, 0.29) is 30.3 Å². The first-order valence-corrected chi connectivity index (χ1v) is 11.3. The van der Waals surface area contributed by atoms with Crippen molar-refractivity contribution in [3.05, 3.63) is 59.4 Å². The first-order chi connectivity index (χ1) is 15.7. The average molecular weight is 437 g/mol. The molecule has 8 nitrogen and oxygen atoms in total. The molecule has 1 aromatic heterocycles. The third-order valence-corrected chi connectivity index (χ3v) is 6.75. The Morgan fingerprint density at radius 2 is 2.12 bits per heavy atom. The SMILES string of the molecule is COc1ccccc1[C@@H]1C2=C(CNC2=O)N[C@@H]2CCCC[C@H]2N1C(=O)CCc1ncco1. The van der Waals surface area contributed by atoms with Gasteiger partial charge in [0.15, 0.2) is 5.89 Å². The van der Waals surface area contributed by atoms with Gasteiger partial charge in [-0.3, -0.25) is 9.59 Å². The highest BCUT2D eigenvalue weighted by Crippen LogP contribution is 2.43. The third kappa shape index (κ3) is 3.63. The molecule has 3 atom stereocenters. The Kier molecular flexibility index (Phi) is 5.59. The van der Waals surface area contributed by atoms with Crippen molar-refractivity contribution in [1.82, 2.24) is 20.5 Å². The summed E-state index contributed by atoms with van der Waals surface area (Å²) in [6, 6.07) is 7.27. The molecule has 1 aromatic carbocycles. The number of aromatic nitrogens is 1. The highest BCUT2D eigenvalue weighted by molar-refractivity contribution is 5.99. The molecule has 8 heteroatoms. The zero-order valence-corrected chi connectivity index (χ0v) is 18.2. The number of nitrogens with one attached hydrogen (secondary N) is 2. The fraction of sp³-hybridized carbons (Fsp3) is 0.458. The van der Waals surface area contributed by atoms with Crippen LogP contribution in [0.15, 0.2) is 52.4 Å². The van der Waals surface area contributed by atoms with E-state index in [9.17, 15) is 9.59 Å². The molecular formula is C24H28N4O4. The molecule has 0 saturated heterocycles. The van der Waals surface area contributed by atoms with Gasteiger partial charge in [-0.15, -0.1) is 0 Å². The number of ether oxygens (including phenoxy) is 1. The molecule has 1 fully saturated rings. The highest BCUT2D eigenvalue weighted by Gasteiger charge is 2.46. The Labute approximate surface area is 187 Å². The first-order valence-electron chi connectivity index (χ1n) is 11.3. The Morgan fingerprint density at radius 3 is 2.94 bits per heavy atom. The smallest absolute Gasteiger partial charge is 0.251 e. The third-order valence-electron chi connectivity index (χ3n) is 6.75.